The van der Waals surface area contributed by atoms with E-state index >= 15 is 0 Å². The highest BCUT2D eigenvalue weighted by Crippen LogP contribution is 2.20. The van der Waals surface area contributed by atoms with Gasteiger partial charge in [0.05, 0.1) is 19.6 Å². The van der Waals surface area contributed by atoms with Gasteiger partial charge in [-0.05, 0) is 33.2 Å². The Balaban J connectivity index is 2.51. The highest BCUT2D eigenvalue weighted by atomic mass is 16.5. The monoisotopic (exact) mass is 243 g/mol. The zero-order chi connectivity index (χ0) is 12.7. The van der Waals surface area contributed by atoms with Crippen LogP contribution in [0, 0.1) is 0 Å². The van der Waals surface area contributed by atoms with Gasteiger partial charge in [-0.15, -0.1) is 0 Å². The van der Waals surface area contributed by atoms with E-state index in [4.69, 9.17) is 4.74 Å². The second-order valence-electron chi connectivity index (χ2n) is 4.78. The number of carbonyl (C=O) groups excluding carboxylic acids is 1. The lowest BCUT2D eigenvalue weighted by Crippen LogP contribution is -2.44. The van der Waals surface area contributed by atoms with Gasteiger partial charge in [-0.25, -0.2) is 0 Å². The molecule has 1 N–H and O–H groups in total. The van der Waals surface area contributed by atoms with E-state index in [1.807, 2.05) is 13.8 Å². The summed E-state index contributed by atoms with van der Waals surface area (Å²) in [6, 6.07) is 0.367. The molecule has 100 valence electrons. The van der Waals surface area contributed by atoms with Crippen LogP contribution < -0.4 is 0 Å². The Labute approximate surface area is 104 Å². The van der Waals surface area contributed by atoms with Gasteiger partial charge >= 0.3 is 5.97 Å². The third-order valence-electron chi connectivity index (χ3n) is 3.47. The van der Waals surface area contributed by atoms with Crippen molar-refractivity contribution >= 4 is 5.97 Å². The van der Waals surface area contributed by atoms with Crippen LogP contribution >= 0.6 is 0 Å². The number of nitrogens with zero attached hydrogens (tertiary/aromatic N) is 1. The Bertz CT molecular complexity index is 233. The summed E-state index contributed by atoms with van der Waals surface area (Å²) < 4.78 is 4.98. The fraction of sp³-hybridized carbons (Fsp3) is 0.923. The van der Waals surface area contributed by atoms with Crippen LogP contribution in [0.15, 0.2) is 0 Å². The average Bonchev–Trinajstić information content (AvgIpc) is 2.53. The van der Waals surface area contributed by atoms with Crippen molar-refractivity contribution in [3.8, 4) is 0 Å². The normalized spacial score (nSPS) is 24.1. The van der Waals surface area contributed by atoms with Gasteiger partial charge in [-0.3, -0.25) is 9.69 Å². The van der Waals surface area contributed by atoms with E-state index in [1.165, 1.54) is 12.8 Å². The maximum atomic E-state index is 11.5. The highest BCUT2D eigenvalue weighted by Gasteiger charge is 2.26. The van der Waals surface area contributed by atoms with Gasteiger partial charge in [-0.1, -0.05) is 12.8 Å². The molecule has 1 rings (SSSR count). The molecule has 0 aromatic carbocycles. The van der Waals surface area contributed by atoms with Crippen molar-refractivity contribution in [1.29, 1.82) is 0 Å². The first-order chi connectivity index (χ1) is 8.19. The second-order valence-corrected chi connectivity index (χ2v) is 4.78. The van der Waals surface area contributed by atoms with E-state index in [2.05, 4.69) is 4.90 Å². The van der Waals surface area contributed by atoms with E-state index in [1.54, 1.807) is 0 Å². The zero-order valence-electron chi connectivity index (χ0n) is 11.0. The van der Waals surface area contributed by atoms with Crippen molar-refractivity contribution in [2.45, 2.75) is 58.0 Å². The molecule has 0 bridgehead atoms. The minimum atomic E-state index is -0.138. The quantitative estimate of drug-likeness (QED) is 0.745. The predicted molar refractivity (Wildman–Crippen MR) is 66.8 cm³/mol. The smallest absolute Gasteiger partial charge is 0.307 e. The molecule has 17 heavy (non-hydrogen) atoms. The van der Waals surface area contributed by atoms with E-state index in [-0.39, 0.29) is 24.7 Å². The Kier molecular flexibility index (Phi) is 6.52. The lowest BCUT2D eigenvalue weighted by atomic mass is 10.1. The maximum absolute atomic E-state index is 11.5. The van der Waals surface area contributed by atoms with Crippen LogP contribution in [0.2, 0.25) is 0 Å². The van der Waals surface area contributed by atoms with Crippen LogP contribution in [-0.2, 0) is 9.53 Å². The summed E-state index contributed by atoms with van der Waals surface area (Å²) in [5.74, 6) is -0.138. The number of ether oxygens (including phenoxy) is 1. The van der Waals surface area contributed by atoms with Crippen molar-refractivity contribution in [3.63, 3.8) is 0 Å². The number of aliphatic hydroxyl groups excluding tert-OH is 1. The van der Waals surface area contributed by atoms with E-state index in [0.29, 0.717) is 13.0 Å². The van der Waals surface area contributed by atoms with Gasteiger partial charge in [0.2, 0.25) is 0 Å². The molecule has 0 aromatic rings. The Morgan fingerprint density at radius 2 is 2.24 bits per heavy atom. The zero-order valence-corrected chi connectivity index (χ0v) is 11.0. The second kappa shape index (κ2) is 7.67. The Morgan fingerprint density at radius 1 is 1.47 bits per heavy atom. The molecular weight excluding hydrogens is 218 g/mol. The molecule has 1 heterocycles. The minimum Gasteiger partial charge on any atom is -0.466 e. The van der Waals surface area contributed by atoms with Gasteiger partial charge in [-0.2, -0.15) is 0 Å². The first-order valence-corrected chi connectivity index (χ1v) is 6.71. The first-order valence-electron chi connectivity index (χ1n) is 6.71. The van der Waals surface area contributed by atoms with Gasteiger partial charge in [0.15, 0.2) is 0 Å². The molecule has 4 heteroatoms. The molecule has 1 saturated heterocycles. The SMILES string of the molecule is CCOC(=O)CC(C)N1CCCCCC1CO. The van der Waals surface area contributed by atoms with Gasteiger partial charge in [0, 0.05) is 12.1 Å². The van der Waals surface area contributed by atoms with Crippen LogP contribution in [0.1, 0.15) is 46.0 Å². The van der Waals surface area contributed by atoms with Crippen molar-refractivity contribution in [1.82, 2.24) is 4.90 Å². The average molecular weight is 243 g/mol. The number of rotatable bonds is 5. The third kappa shape index (κ3) is 4.64. The van der Waals surface area contributed by atoms with Crippen molar-refractivity contribution in [2.24, 2.45) is 0 Å². The maximum Gasteiger partial charge on any atom is 0.307 e. The Morgan fingerprint density at radius 3 is 2.88 bits per heavy atom. The molecule has 0 saturated carbocycles. The molecule has 0 aliphatic carbocycles. The molecule has 1 fully saturated rings. The number of likely N-dealkylation sites (tertiary alicyclic amines) is 1. The van der Waals surface area contributed by atoms with Crippen molar-refractivity contribution in [3.05, 3.63) is 0 Å². The summed E-state index contributed by atoms with van der Waals surface area (Å²) >= 11 is 0. The Hall–Kier alpha value is -0.610. The molecule has 4 nitrogen and oxygen atoms in total. The number of hydrogen-bond donors (Lipinski definition) is 1. The summed E-state index contributed by atoms with van der Waals surface area (Å²) in [4.78, 5) is 13.7. The molecule has 2 atom stereocenters. The highest BCUT2D eigenvalue weighted by molar-refractivity contribution is 5.70. The lowest BCUT2D eigenvalue weighted by molar-refractivity contribution is -0.144. The summed E-state index contributed by atoms with van der Waals surface area (Å²) in [6.45, 7) is 5.48. The molecule has 1 aliphatic heterocycles. The fourth-order valence-corrected chi connectivity index (χ4v) is 2.55. The van der Waals surface area contributed by atoms with Crippen LogP contribution in [0.25, 0.3) is 0 Å². The van der Waals surface area contributed by atoms with E-state index < -0.39 is 0 Å². The van der Waals surface area contributed by atoms with Gasteiger partial charge in [0.1, 0.15) is 0 Å². The van der Waals surface area contributed by atoms with Crippen LogP contribution in [0.3, 0.4) is 0 Å². The molecule has 0 amide bonds. The number of carbonyl (C=O) groups is 1. The standard InChI is InChI=1S/C13H25NO3/c1-3-17-13(16)9-11(2)14-8-6-4-5-7-12(14)10-15/h11-12,15H,3-10H2,1-2H3. The third-order valence-corrected chi connectivity index (χ3v) is 3.47. The van der Waals surface area contributed by atoms with Gasteiger partial charge in [0.25, 0.3) is 0 Å². The fourth-order valence-electron chi connectivity index (χ4n) is 2.55. The first kappa shape index (κ1) is 14.5. The molecule has 0 spiro atoms. The molecular formula is C13H25NO3. The van der Waals surface area contributed by atoms with Crippen LogP contribution in [0.5, 0.6) is 0 Å². The summed E-state index contributed by atoms with van der Waals surface area (Å²) in [6.07, 6.45) is 5.00. The largest absolute Gasteiger partial charge is 0.466 e. The van der Waals surface area contributed by atoms with Crippen LogP contribution in [0.4, 0.5) is 0 Å². The number of aliphatic hydroxyl groups is 1. The lowest BCUT2D eigenvalue weighted by Gasteiger charge is -2.33. The molecule has 2 unspecified atom stereocenters. The van der Waals surface area contributed by atoms with Crippen molar-refractivity contribution in [2.75, 3.05) is 19.8 Å². The summed E-state index contributed by atoms with van der Waals surface area (Å²) in [5.41, 5.74) is 0. The molecule has 1 aliphatic rings. The summed E-state index contributed by atoms with van der Waals surface area (Å²) in [5, 5.41) is 9.41. The van der Waals surface area contributed by atoms with Gasteiger partial charge < -0.3 is 9.84 Å². The minimum absolute atomic E-state index is 0.138. The summed E-state index contributed by atoms with van der Waals surface area (Å²) in [7, 11) is 0. The van der Waals surface area contributed by atoms with E-state index in [9.17, 15) is 9.90 Å². The number of hydrogen-bond acceptors (Lipinski definition) is 4. The molecule has 0 radical (unpaired) electrons. The van der Waals surface area contributed by atoms with E-state index in [0.717, 1.165) is 19.4 Å². The molecule has 0 aromatic heterocycles. The number of esters is 1. The van der Waals surface area contributed by atoms with Crippen molar-refractivity contribution < 1.29 is 14.6 Å². The topological polar surface area (TPSA) is 49.8 Å². The predicted octanol–water partition coefficient (Wildman–Crippen LogP) is 1.56. The van der Waals surface area contributed by atoms with Crippen LogP contribution in [-0.4, -0.2) is 47.8 Å².